The molecule has 0 radical (unpaired) electrons. The van der Waals surface area contributed by atoms with Crippen molar-refractivity contribution < 1.29 is 4.79 Å². The molecular weight excluding hydrogens is 282 g/mol. The Kier molecular flexibility index (Phi) is 3.36. The summed E-state index contributed by atoms with van der Waals surface area (Å²) in [6.07, 6.45) is 15.0. The highest BCUT2D eigenvalue weighted by Gasteiger charge is 2.51. The molecule has 1 N–H and O–H groups in total. The van der Waals surface area contributed by atoms with Crippen LogP contribution >= 0.6 is 0 Å². The smallest absolute Gasteiger partial charge is 0.220 e. The summed E-state index contributed by atoms with van der Waals surface area (Å²) in [4.78, 5) is 12.8. The van der Waals surface area contributed by atoms with E-state index in [0.717, 1.165) is 41.9 Å². The van der Waals surface area contributed by atoms with Crippen molar-refractivity contribution in [2.45, 2.75) is 83.6 Å². The minimum atomic E-state index is 0.377. The number of hydrogen-bond acceptors (Lipinski definition) is 1. The maximum absolute atomic E-state index is 12.8. The second-order valence-corrected chi connectivity index (χ2v) is 10.3. The number of rotatable bonds is 4. The van der Waals surface area contributed by atoms with Crippen LogP contribution in [-0.2, 0) is 4.79 Å². The van der Waals surface area contributed by atoms with Gasteiger partial charge in [0.05, 0.1) is 0 Å². The lowest BCUT2D eigenvalue weighted by Crippen LogP contribution is -2.49. The predicted octanol–water partition coefficient (Wildman–Crippen LogP) is 4.53. The van der Waals surface area contributed by atoms with E-state index in [9.17, 15) is 4.79 Å². The van der Waals surface area contributed by atoms with Gasteiger partial charge in [-0.15, -0.1) is 0 Å². The lowest BCUT2D eigenvalue weighted by Gasteiger charge is -2.56. The molecular formula is C21H33NO. The van der Waals surface area contributed by atoms with Crippen LogP contribution in [0.25, 0.3) is 0 Å². The van der Waals surface area contributed by atoms with Gasteiger partial charge >= 0.3 is 0 Å². The van der Waals surface area contributed by atoms with Crippen molar-refractivity contribution >= 4 is 5.91 Å². The molecule has 4 atom stereocenters. The van der Waals surface area contributed by atoms with Crippen molar-refractivity contribution in [2.75, 3.05) is 0 Å². The summed E-state index contributed by atoms with van der Waals surface area (Å²) in [6.45, 7) is 2.28. The number of hydrogen-bond donors (Lipinski definition) is 1. The Hall–Kier alpha value is -0.530. The van der Waals surface area contributed by atoms with Gasteiger partial charge in [-0.3, -0.25) is 4.79 Å². The van der Waals surface area contributed by atoms with Gasteiger partial charge in [-0.1, -0.05) is 6.42 Å². The highest BCUT2D eigenvalue weighted by Crippen LogP contribution is 2.61. The first-order valence-corrected chi connectivity index (χ1v) is 10.4. The number of carbonyl (C=O) groups is 1. The van der Waals surface area contributed by atoms with Crippen molar-refractivity contribution in [3.8, 4) is 0 Å². The molecule has 2 heteroatoms. The third kappa shape index (κ3) is 2.55. The van der Waals surface area contributed by atoms with Crippen molar-refractivity contribution in [3.05, 3.63) is 0 Å². The standard InChI is InChI=1S/C21H33NO/c1-13(19-8-14-2-3-18(19)7-14)22-20(23)12-21-9-15-4-16(10-21)6-17(5-15)11-21/h13-19H,2-12H2,1H3,(H,22,23)/t13-,14+,15?,16?,17?,18+,19+,21?/m1/s1. The van der Waals surface area contributed by atoms with E-state index in [2.05, 4.69) is 12.2 Å². The average Bonchev–Trinajstić information content (AvgIpc) is 3.07. The first-order valence-electron chi connectivity index (χ1n) is 10.4. The maximum Gasteiger partial charge on any atom is 0.220 e. The Morgan fingerprint density at radius 2 is 1.61 bits per heavy atom. The zero-order chi connectivity index (χ0) is 15.6. The zero-order valence-electron chi connectivity index (χ0n) is 14.7. The monoisotopic (exact) mass is 315 g/mol. The maximum atomic E-state index is 12.8. The first-order chi connectivity index (χ1) is 11.1. The van der Waals surface area contributed by atoms with Gasteiger partial charge in [-0.25, -0.2) is 0 Å². The van der Waals surface area contributed by atoms with Gasteiger partial charge in [0, 0.05) is 12.5 Å². The Bertz CT molecular complexity index is 463. The van der Waals surface area contributed by atoms with Gasteiger partial charge in [0.25, 0.3) is 0 Å². The molecule has 6 saturated carbocycles. The van der Waals surface area contributed by atoms with E-state index < -0.39 is 0 Å². The molecule has 6 aliphatic rings. The summed E-state index contributed by atoms with van der Waals surface area (Å²) >= 11 is 0. The molecule has 0 saturated heterocycles. The fraction of sp³-hybridized carbons (Fsp3) is 0.952. The van der Waals surface area contributed by atoms with Crippen LogP contribution in [0.1, 0.15) is 77.6 Å². The predicted molar refractivity (Wildman–Crippen MR) is 91.8 cm³/mol. The Morgan fingerprint density at radius 1 is 0.957 bits per heavy atom. The van der Waals surface area contributed by atoms with Crippen molar-refractivity contribution in [1.29, 1.82) is 0 Å². The Labute approximate surface area is 141 Å². The molecule has 6 rings (SSSR count). The summed E-state index contributed by atoms with van der Waals surface area (Å²) in [5, 5.41) is 3.44. The van der Waals surface area contributed by atoms with Crippen LogP contribution in [0, 0.1) is 40.9 Å². The topological polar surface area (TPSA) is 29.1 Å². The second-order valence-electron chi connectivity index (χ2n) is 10.3. The van der Waals surface area contributed by atoms with Gasteiger partial charge in [0.1, 0.15) is 0 Å². The summed E-state index contributed by atoms with van der Waals surface area (Å²) in [6, 6.07) is 0.409. The second kappa shape index (κ2) is 5.23. The quantitative estimate of drug-likeness (QED) is 0.811. The summed E-state index contributed by atoms with van der Waals surface area (Å²) in [5.74, 6) is 5.91. The molecule has 0 unspecified atom stereocenters. The fourth-order valence-corrected chi connectivity index (χ4v) is 8.17. The minimum absolute atomic E-state index is 0.377. The van der Waals surface area contributed by atoms with E-state index in [1.54, 1.807) is 0 Å². The summed E-state index contributed by atoms with van der Waals surface area (Å²) < 4.78 is 0. The van der Waals surface area contributed by atoms with Crippen molar-refractivity contribution in [1.82, 2.24) is 5.32 Å². The molecule has 0 aromatic heterocycles. The van der Waals surface area contributed by atoms with Gasteiger partial charge < -0.3 is 5.32 Å². The van der Waals surface area contributed by atoms with Crippen LogP contribution in [0.15, 0.2) is 0 Å². The molecule has 2 nitrogen and oxygen atoms in total. The van der Waals surface area contributed by atoms with E-state index in [1.807, 2.05) is 0 Å². The normalized spacial score (nSPS) is 51.2. The number of fused-ring (bicyclic) bond motifs is 2. The lowest BCUT2D eigenvalue weighted by atomic mass is 9.49. The van der Waals surface area contributed by atoms with Crippen LogP contribution in [0.4, 0.5) is 0 Å². The minimum Gasteiger partial charge on any atom is -0.353 e. The lowest BCUT2D eigenvalue weighted by molar-refractivity contribution is -0.130. The van der Waals surface area contributed by atoms with Crippen molar-refractivity contribution in [3.63, 3.8) is 0 Å². The molecule has 6 aliphatic carbocycles. The van der Waals surface area contributed by atoms with Gasteiger partial charge in [-0.2, -0.15) is 0 Å². The van der Waals surface area contributed by atoms with Gasteiger partial charge in [0.15, 0.2) is 0 Å². The molecule has 0 aliphatic heterocycles. The highest BCUT2D eigenvalue weighted by atomic mass is 16.1. The highest BCUT2D eigenvalue weighted by molar-refractivity contribution is 5.77. The Balaban J connectivity index is 1.20. The molecule has 128 valence electrons. The van der Waals surface area contributed by atoms with Crippen LogP contribution in [-0.4, -0.2) is 11.9 Å². The van der Waals surface area contributed by atoms with Crippen LogP contribution in [0.3, 0.4) is 0 Å². The van der Waals surface area contributed by atoms with Gasteiger partial charge in [0.2, 0.25) is 5.91 Å². The molecule has 23 heavy (non-hydrogen) atoms. The number of amides is 1. The van der Waals surface area contributed by atoms with Crippen LogP contribution in [0.5, 0.6) is 0 Å². The zero-order valence-corrected chi connectivity index (χ0v) is 14.7. The Morgan fingerprint density at radius 3 is 2.13 bits per heavy atom. The molecule has 6 bridgehead atoms. The van der Waals surface area contributed by atoms with E-state index in [-0.39, 0.29) is 0 Å². The molecule has 0 spiro atoms. The van der Waals surface area contributed by atoms with E-state index >= 15 is 0 Å². The van der Waals surface area contributed by atoms with Gasteiger partial charge in [-0.05, 0) is 106 Å². The average molecular weight is 316 g/mol. The number of nitrogens with one attached hydrogen (secondary N) is 1. The SMILES string of the molecule is C[C@@H](NC(=O)CC12CC3CC(CC(C3)C1)C2)[C@@H]1C[C@H]2CC[C@H]1C2. The molecule has 0 aromatic carbocycles. The summed E-state index contributed by atoms with van der Waals surface area (Å²) in [5.41, 5.74) is 0.396. The largest absolute Gasteiger partial charge is 0.353 e. The third-order valence-corrected chi connectivity index (χ3v) is 8.52. The van der Waals surface area contributed by atoms with Crippen LogP contribution in [0.2, 0.25) is 0 Å². The van der Waals surface area contributed by atoms with E-state index in [4.69, 9.17) is 0 Å². The summed E-state index contributed by atoms with van der Waals surface area (Å²) in [7, 11) is 0. The van der Waals surface area contributed by atoms with E-state index in [1.165, 1.54) is 64.2 Å². The third-order valence-electron chi connectivity index (χ3n) is 8.52. The number of carbonyl (C=O) groups excluding carboxylic acids is 1. The molecule has 0 aromatic rings. The first kappa shape index (κ1) is 14.8. The van der Waals surface area contributed by atoms with Crippen molar-refractivity contribution in [2.24, 2.45) is 40.9 Å². The molecule has 0 heterocycles. The molecule has 1 amide bonds. The van der Waals surface area contributed by atoms with E-state index in [0.29, 0.717) is 17.4 Å². The fourth-order valence-electron chi connectivity index (χ4n) is 8.17. The van der Waals surface area contributed by atoms with Crippen LogP contribution < -0.4 is 5.32 Å². The molecule has 6 fully saturated rings.